The van der Waals surface area contributed by atoms with Crippen molar-refractivity contribution in [1.82, 2.24) is 4.72 Å². The predicted octanol–water partition coefficient (Wildman–Crippen LogP) is 3.57. The van der Waals surface area contributed by atoms with Crippen LogP contribution in [0.3, 0.4) is 0 Å². The minimum atomic E-state index is -3.35. The van der Waals surface area contributed by atoms with Crippen molar-refractivity contribution in [3.05, 3.63) is 46.8 Å². The average molecular weight is 365 g/mol. The number of nitrogens with zero attached hydrogens (tertiary/aromatic N) is 1. The van der Waals surface area contributed by atoms with Gasteiger partial charge >= 0.3 is 0 Å². The lowest BCUT2D eigenvalue weighted by molar-refractivity contribution is 0.581. The number of sulfonamides is 1. The first-order valence-corrected chi connectivity index (χ1v) is 10.7. The molecule has 2 heterocycles. The van der Waals surface area contributed by atoms with Gasteiger partial charge in [-0.1, -0.05) is 12.1 Å². The number of hydrogen-bond donors (Lipinski definition) is 1. The molecule has 0 atom stereocenters. The normalized spacial score (nSPS) is 15.1. The van der Waals surface area contributed by atoms with Crippen molar-refractivity contribution < 1.29 is 8.42 Å². The van der Waals surface area contributed by atoms with E-state index in [-0.39, 0.29) is 0 Å². The minimum absolute atomic E-state index is 0.398. The maximum atomic E-state index is 12.1. The summed E-state index contributed by atoms with van der Waals surface area (Å²) in [7, 11) is -3.35. The highest BCUT2D eigenvalue weighted by Crippen LogP contribution is 2.21. The van der Waals surface area contributed by atoms with Gasteiger partial charge in [-0.05, 0) is 62.4 Å². The molecular formula is C18H24N2O2S2. The highest BCUT2D eigenvalue weighted by Gasteiger charge is 2.15. The second-order valence-corrected chi connectivity index (χ2v) is 9.51. The summed E-state index contributed by atoms with van der Waals surface area (Å²) in [5.41, 5.74) is 2.55. The lowest BCUT2D eigenvalue weighted by Crippen LogP contribution is -2.24. The van der Waals surface area contributed by atoms with E-state index in [0.717, 1.165) is 30.8 Å². The maximum Gasteiger partial charge on any atom is 0.250 e. The Morgan fingerprint density at radius 2 is 1.79 bits per heavy atom. The summed E-state index contributed by atoms with van der Waals surface area (Å²) in [6.07, 6.45) is 4.25. The van der Waals surface area contributed by atoms with Gasteiger partial charge in [0, 0.05) is 30.2 Å². The van der Waals surface area contributed by atoms with Gasteiger partial charge in [0.25, 0.3) is 0 Å². The standard InChI is InChI=1S/C18H24N2O2S2/c1-15-6-11-18(23-15)24(21,22)19-12-4-5-16-7-9-17(10-8-16)20-13-2-3-14-20/h6-11,19H,2-5,12-14H2,1H3. The molecule has 130 valence electrons. The Bertz CT molecular complexity index is 761. The first kappa shape index (κ1) is 17.5. The average Bonchev–Trinajstić information content (AvgIpc) is 3.24. The van der Waals surface area contributed by atoms with Crippen molar-refractivity contribution in [1.29, 1.82) is 0 Å². The van der Waals surface area contributed by atoms with Crippen LogP contribution in [0.5, 0.6) is 0 Å². The second-order valence-electron chi connectivity index (χ2n) is 6.23. The smallest absolute Gasteiger partial charge is 0.250 e. The fourth-order valence-electron chi connectivity index (χ4n) is 2.98. The molecule has 6 heteroatoms. The van der Waals surface area contributed by atoms with Gasteiger partial charge in [-0.3, -0.25) is 0 Å². The Hall–Kier alpha value is -1.37. The summed E-state index contributed by atoms with van der Waals surface area (Å²) in [5, 5.41) is 0. The van der Waals surface area contributed by atoms with Crippen molar-refractivity contribution in [2.24, 2.45) is 0 Å². The fraction of sp³-hybridized carbons (Fsp3) is 0.444. The van der Waals surface area contributed by atoms with Crippen molar-refractivity contribution in [3.8, 4) is 0 Å². The summed E-state index contributed by atoms with van der Waals surface area (Å²) < 4.78 is 27.4. The van der Waals surface area contributed by atoms with E-state index in [1.54, 1.807) is 6.07 Å². The Morgan fingerprint density at radius 1 is 1.08 bits per heavy atom. The van der Waals surface area contributed by atoms with Crippen molar-refractivity contribution in [2.75, 3.05) is 24.5 Å². The van der Waals surface area contributed by atoms with Gasteiger partial charge in [-0.2, -0.15) is 0 Å². The third-order valence-electron chi connectivity index (χ3n) is 4.32. The number of thiophene rings is 1. The van der Waals surface area contributed by atoms with Gasteiger partial charge in [0.05, 0.1) is 0 Å². The topological polar surface area (TPSA) is 49.4 Å². The molecule has 4 nitrogen and oxygen atoms in total. The van der Waals surface area contributed by atoms with Crippen LogP contribution in [0.1, 0.15) is 29.7 Å². The molecule has 0 amide bonds. The lowest BCUT2D eigenvalue weighted by atomic mass is 10.1. The molecule has 0 radical (unpaired) electrons. The first-order valence-electron chi connectivity index (χ1n) is 8.45. The third kappa shape index (κ3) is 4.37. The zero-order valence-electron chi connectivity index (χ0n) is 14.0. The Kier molecular flexibility index (Phi) is 5.58. The van der Waals surface area contributed by atoms with Crippen LogP contribution < -0.4 is 9.62 Å². The third-order valence-corrected chi connectivity index (χ3v) is 7.28. The van der Waals surface area contributed by atoms with Gasteiger partial charge in [0.2, 0.25) is 10.0 Å². The highest BCUT2D eigenvalue weighted by atomic mass is 32.2. The molecule has 1 N–H and O–H groups in total. The number of benzene rings is 1. The van der Waals surface area contributed by atoms with Crippen molar-refractivity contribution in [2.45, 2.75) is 36.8 Å². The van der Waals surface area contributed by atoms with Crippen LogP contribution in [-0.4, -0.2) is 28.1 Å². The van der Waals surface area contributed by atoms with E-state index in [0.29, 0.717) is 10.8 Å². The second kappa shape index (κ2) is 7.68. The van der Waals surface area contributed by atoms with E-state index in [2.05, 4.69) is 33.9 Å². The van der Waals surface area contributed by atoms with Gasteiger partial charge < -0.3 is 4.90 Å². The molecule has 0 spiro atoms. The molecule has 1 aliphatic rings. The zero-order chi connectivity index (χ0) is 17.0. The maximum absolute atomic E-state index is 12.1. The molecule has 1 aliphatic heterocycles. The monoisotopic (exact) mass is 364 g/mol. The van der Waals surface area contributed by atoms with Crippen molar-refractivity contribution >= 4 is 27.0 Å². The van der Waals surface area contributed by atoms with Crippen LogP contribution in [0, 0.1) is 6.92 Å². The summed E-state index contributed by atoms with van der Waals surface area (Å²) in [5.74, 6) is 0. The van der Waals surface area contributed by atoms with Crippen molar-refractivity contribution in [3.63, 3.8) is 0 Å². The molecule has 3 rings (SSSR count). The van der Waals surface area contributed by atoms with Crippen LogP contribution >= 0.6 is 11.3 Å². The predicted molar refractivity (Wildman–Crippen MR) is 100 cm³/mol. The minimum Gasteiger partial charge on any atom is -0.372 e. The van der Waals surface area contributed by atoms with Gasteiger partial charge in [0.15, 0.2) is 0 Å². The van der Waals surface area contributed by atoms with Gasteiger partial charge in [-0.25, -0.2) is 13.1 Å². The highest BCUT2D eigenvalue weighted by molar-refractivity contribution is 7.91. The number of aryl methyl sites for hydroxylation is 2. The number of anilines is 1. The van der Waals surface area contributed by atoms with E-state index >= 15 is 0 Å². The van der Waals surface area contributed by atoms with Crippen LogP contribution in [0.4, 0.5) is 5.69 Å². The van der Waals surface area contributed by atoms with E-state index in [4.69, 9.17) is 0 Å². The molecule has 0 unspecified atom stereocenters. The molecule has 0 aliphatic carbocycles. The van der Waals surface area contributed by atoms with Gasteiger partial charge in [-0.15, -0.1) is 11.3 Å². The molecule has 1 fully saturated rings. The van der Waals surface area contributed by atoms with Crippen LogP contribution in [0.15, 0.2) is 40.6 Å². The zero-order valence-corrected chi connectivity index (χ0v) is 15.6. The first-order chi connectivity index (χ1) is 11.5. The SMILES string of the molecule is Cc1ccc(S(=O)(=O)NCCCc2ccc(N3CCCC3)cc2)s1. The summed E-state index contributed by atoms with van der Waals surface area (Å²) in [6.45, 7) is 4.69. The molecule has 0 saturated carbocycles. The fourth-order valence-corrected chi connectivity index (χ4v) is 5.38. The van der Waals surface area contributed by atoms with E-state index in [1.165, 1.54) is 35.4 Å². The van der Waals surface area contributed by atoms with E-state index < -0.39 is 10.0 Å². The summed E-state index contributed by atoms with van der Waals surface area (Å²) >= 11 is 1.31. The van der Waals surface area contributed by atoms with Crippen LogP contribution in [-0.2, 0) is 16.4 Å². The molecule has 1 saturated heterocycles. The largest absolute Gasteiger partial charge is 0.372 e. The van der Waals surface area contributed by atoms with Gasteiger partial charge in [0.1, 0.15) is 4.21 Å². The Balaban J connectivity index is 1.46. The van der Waals surface area contributed by atoms with Crippen LogP contribution in [0.25, 0.3) is 0 Å². The van der Waals surface area contributed by atoms with E-state index in [9.17, 15) is 8.42 Å². The summed E-state index contributed by atoms with van der Waals surface area (Å²) in [4.78, 5) is 3.43. The number of rotatable bonds is 7. The number of hydrogen-bond acceptors (Lipinski definition) is 4. The molecule has 1 aromatic heterocycles. The molecule has 2 aromatic rings. The molecule has 24 heavy (non-hydrogen) atoms. The Morgan fingerprint density at radius 3 is 2.42 bits per heavy atom. The van der Waals surface area contributed by atoms with Crippen LogP contribution in [0.2, 0.25) is 0 Å². The number of nitrogens with one attached hydrogen (secondary N) is 1. The van der Waals surface area contributed by atoms with E-state index in [1.807, 2.05) is 13.0 Å². The lowest BCUT2D eigenvalue weighted by Gasteiger charge is -2.17. The quantitative estimate of drug-likeness (QED) is 0.764. The Labute approximate surface area is 148 Å². The molecule has 1 aromatic carbocycles. The molecular weight excluding hydrogens is 340 g/mol. The molecule has 0 bridgehead atoms. The summed E-state index contributed by atoms with van der Waals surface area (Å²) in [6, 6.07) is 12.2.